The molecule has 20 heavy (non-hydrogen) atoms. The first-order chi connectivity index (χ1) is 9.32. The van der Waals surface area contributed by atoms with Crippen molar-refractivity contribution in [3.63, 3.8) is 0 Å². The standard InChI is InChI=1S/C11H18N2O5S2/c1-12(8-2-5-20(17,18)7-8)11(16)13-3-4-19-6-9(13)10(14)15/h8-9H,2-7H2,1H3,(H,14,15). The van der Waals surface area contributed by atoms with Gasteiger partial charge >= 0.3 is 12.0 Å². The molecule has 0 aromatic rings. The maximum absolute atomic E-state index is 12.4. The molecule has 2 atom stereocenters. The second kappa shape index (κ2) is 5.80. The van der Waals surface area contributed by atoms with Gasteiger partial charge in [0.05, 0.1) is 11.5 Å². The third kappa shape index (κ3) is 3.20. The summed E-state index contributed by atoms with van der Waals surface area (Å²) >= 11 is 1.51. The zero-order chi connectivity index (χ0) is 14.9. The molecular formula is C11H18N2O5S2. The number of rotatable bonds is 2. The Bertz CT molecular complexity index is 507. The Balaban J connectivity index is 2.07. The van der Waals surface area contributed by atoms with E-state index in [1.807, 2.05) is 0 Å². The fourth-order valence-electron chi connectivity index (χ4n) is 2.48. The van der Waals surface area contributed by atoms with Gasteiger partial charge in [0.1, 0.15) is 6.04 Å². The summed E-state index contributed by atoms with van der Waals surface area (Å²) in [5.74, 6) is 0.116. The summed E-state index contributed by atoms with van der Waals surface area (Å²) in [5.41, 5.74) is 0. The fraction of sp³-hybridized carbons (Fsp3) is 0.818. The molecule has 2 saturated heterocycles. The summed E-state index contributed by atoms with van der Waals surface area (Å²) in [6, 6.07) is -1.57. The molecule has 0 saturated carbocycles. The first kappa shape index (κ1) is 15.4. The van der Waals surface area contributed by atoms with Crippen LogP contribution in [0.5, 0.6) is 0 Å². The van der Waals surface area contributed by atoms with Gasteiger partial charge in [-0.15, -0.1) is 0 Å². The third-order valence-corrected chi connectivity index (χ3v) is 6.49. The van der Waals surface area contributed by atoms with Gasteiger partial charge in [-0.2, -0.15) is 11.8 Å². The smallest absolute Gasteiger partial charge is 0.327 e. The molecular weight excluding hydrogens is 304 g/mol. The van der Waals surface area contributed by atoms with E-state index in [2.05, 4.69) is 0 Å². The number of carbonyl (C=O) groups is 2. The van der Waals surface area contributed by atoms with Gasteiger partial charge in [-0.05, 0) is 6.42 Å². The Kier molecular flexibility index (Phi) is 4.48. The molecule has 9 heteroatoms. The van der Waals surface area contributed by atoms with Crippen molar-refractivity contribution >= 4 is 33.6 Å². The van der Waals surface area contributed by atoms with Crippen LogP contribution in [0, 0.1) is 0 Å². The zero-order valence-electron chi connectivity index (χ0n) is 11.2. The van der Waals surface area contributed by atoms with E-state index in [0.29, 0.717) is 24.5 Å². The molecule has 0 aliphatic carbocycles. The largest absolute Gasteiger partial charge is 0.480 e. The normalized spacial score (nSPS) is 29.1. The summed E-state index contributed by atoms with van der Waals surface area (Å²) in [4.78, 5) is 26.3. The summed E-state index contributed by atoms with van der Waals surface area (Å²) < 4.78 is 22.9. The van der Waals surface area contributed by atoms with E-state index in [-0.39, 0.29) is 23.6 Å². The van der Waals surface area contributed by atoms with Crippen molar-refractivity contribution in [2.45, 2.75) is 18.5 Å². The van der Waals surface area contributed by atoms with Gasteiger partial charge in [0, 0.05) is 31.1 Å². The molecule has 2 aliphatic rings. The Morgan fingerprint density at radius 1 is 1.40 bits per heavy atom. The molecule has 0 bridgehead atoms. The van der Waals surface area contributed by atoms with Gasteiger partial charge < -0.3 is 14.9 Å². The van der Waals surface area contributed by atoms with Crippen molar-refractivity contribution in [1.82, 2.24) is 9.80 Å². The van der Waals surface area contributed by atoms with Crippen molar-refractivity contribution in [3.05, 3.63) is 0 Å². The number of carboxylic acids is 1. The van der Waals surface area contributed by atoms with Crippen molar-refractivity contribution in [2.24, 2.45) is 0 Å². The van der Waals surface area contributed by atoms with Gasteiger partial charge in [-0.1, -0.05) is 0 Å². The number of aliphatic carboxylic acids is 1. The number of hydrogen-bond donors (Lipinski definition) is 1. The van der Waals surface area contributed by atoms with Crippen molar-refractivity contribution in [3.8, 4) is 0 Å². The van der Waals surface area contributed by atoms with Crippen molar-refractivity contribution < 1.29 is 23.1 Å². The second-order valence-electron chi connectivity index (χ2n) is 5.07. The number of urea groups is 1. The van der Waals surface area contributed by atoms with Crippen LogP contribution in [0.2, 0.25) is 0 Å². The highest BCUT2D eigenvalue weighted by atomic mass is 32.2. The molecule has 0 spiro atoms. The molecule has 1 N–H and O–H groups in total. The van der Waals surface area contributed by atoms with Crippen LogP contribution in [0.4, 0.5) is 4.79 Å². The molecule has 2 fully saturated rings. The average molecular weight is 322 g/mol. The Morgan fingerprint density at radius 2 is 2.10 bits per heavy atom. The summed E-state index contributed by atoms with van der Waals surface area (Å²) in [6.07, 6.45) is 0.422. The molecule has 2 aliphatic heterocycles. The minimum atomic E-state index is -3.07. The van der Waals surface area contributed by atoms with E-state index < -0.39 is 21.8 Å². The second-order valence-corrected chi connectivity index (χ2v) is 8.45. The predicted octanol–water partition coefficient (Wildman–Crippen LogP) is -0.273. The lowest BCUT2D eigenvalue weighted by Crippen LogP contribution is -2.56. The average Bonchev–Trinajstić information content (AvgIpc) is 2.77. The third-order valence-electron chi connectivity index (χ3n) is 3.72. The van der Waals surface area contributed by atoms with Gasteiger partial charge in [0.25, 0.3) is 0 Å². The number of carboxylic acid groups (broad SMARTS) is 1. The number of nitrogens with zero attached hydrogens (tertiary/aromatic N) is 2. The number of hydrogen-bond acceptors (Lipinski definition) is 5. The highest BCUT2D eigenvalue weighted by molar-refractivity contribution is 7.99. The van der Waals surface area contributed by atoms with Crippen molar-refractivity contribution in [2.75, 3.05) is 36.6 Å². The highest BCUT2D eigenvalue weighted by Gasteiger charge is 2.38. The topological polar surface area (TPSA) is 95.0 Å². The number of thioether (sulfide) groups is 1. The van der Waals surface area contributed by atoms with Crippen LogP contribution in [-0.2, 0) is 14.6 Å². The van der Waals surface area contributed by atoms with Crippen LogP contribution in [0.1, 0.15) is 6.42 Å². The van der Waals surface area contributed by atoms with Crippen LogP contribution in [0.15, 0.2) is 0 Å². The molecule has 2 unspecified atom stereocenters. The number of carbonyl (C=O) groups excluding carboxylic acids is 1. The minimum absolute atomic E-state index is 0.0322. The molecule has 2 amide bonds. The number of amides is 2. The lowest BCUT2D eigenvalue weighted by molar-refractivity contribution is -0.141. The molecule has 0 aromatic heterocycles. The number of sulfone groups is 1. The molecule has 0 aromatic carbocycles. The molecule has 2 rings (SSSR count). The monoisotopic (exact) mass is 322 g/mol. The fourth-order valence-corrected chi connectivity index (χ4v) is 5.29. The Labute approximate surface area is 122 Å². The molecule has 114 valence electrons. The molecule has 0 radical (unpaired) electrons. The minimum Gasteiger partial charge on any atom is -0.480 e. The van der Waals surface area contributed by atoms with E-state index >= 15 is 0 Å². The van der Waals surface area contributed by atoms with Crippen LogP contribution in [0.25, 0.3) is 0 Å². The molecule has 7 nitrogen and oxygen atoms in total. The SMILES string of the molecule is CN(C(=O)N1CCSCC1C(=O)O)C1CCS(=O)(=O)C1. The summed E-state index contributed by atoms with van der Waals surface area (Å²) in [5, 5.41) is 9.17. The summed E-state index contributed by atoms with van der Waals surface area (Å²) in [7, 11) is -1.52. The maximum atomic E-state index is 12.4. The van der Waals surface area contributed by atoms with Gasteiger partial charge in [0.15, 0.2) is 9.84 Å². The molecule has 2 heterocycles. The summed E-state index contributed by atoms with van der Waals surface area (Å²) in [6.45, 7) is 0.379. The Hall–Kier alpha value is -0.960. The van der Waals surface area contributed by atoms with E-state index in [1.54, 1.807) is 7.05 Å². The van der Waals surface area contributed by atoms with E-state index in [9.17, 15) is 18.0 Å². The Morgan fingerprint density at radius 3 is 2.65 bits per heavy atom. The maximum Gasteiger partial charge on any atom is 0.327 e. The van der Waals surface area contributed by atoms with Gasteiger partial charge in [-0.3, -0.25) is 0 Å². The lowest BCUT2D eigenvalue weighted by atomic mass is 10.2. The first-order valence-corrected chi connectivity index (χ1v) is 9.34. The quantitative estimate of drug-likeness (QED) is 0.752. The van der Waals surface area contributed by atoms with Crippen LogP contribution < -0.4 is 0 Å². The van der Waals surface area contributed by atoms with Gasteiger partial charge in [0.2, 0.25) is 0 Å². The zero-order valence-corrected chi connectivity index (χ0v) is 12.8. The van der Waals surface area contributed by atoms with Gasteiger partial charge in [-0.25, -0.2) is 18.0 Å². The van der Waals surface area contributed by atoms with E-state index in [0.717, 1.165) is 0 Å². The predicted molar refractivity (Wildman–Crippen MR) is 75.7 cm³/mol. The van der Waals surface area contributed by atoms with Crippen LogP contribution in [0.3, 0.4) is 0 Å². The van der Waals surface area contributed by atoms with Crippen LogP contribution in [-0.4, -0.2) is 84.0 Å². The van der Waals surface area contributed by atoms with E-state index in [4.69, 9.17) is 5.11 Å². The van der Waals surface area contributed by atoms with Crippen LogP contribution >= 0.6 is 11.8 Å². The highest BCUT2D eigenvalue weighted by Crippen LogP contribution is 2.22. The lowest BCUT2D eigenvalue weighted by Gasteiger charge is -2.37. The van der Waals surface area contributed by atoms with E-state index in [1.165, 1.54) is 21.6 Å². The van der Waals surface area contributed by atoms with Crippen molar-refractivity contribution in [1.29, 1.82) is 0 Å². The first-order valence-electron chi connectivity index (χ1n) is 6.36.